The second kappa shape index (κ2) is 10.7. The van der Waals surface area contributed by atoms with Gasteiger partial charge in [0.1, 0.15) is 24.9 Å². The highest BCUT2D eigenvalue weighted by Gasteiger charge is 2.49. The predicted octanol–water partition coefficient (Wildman–Crippen LogP) is 1.07. The number of carbonyl (C=O) groups excluding carboxylic acids is 2. The molecule has 0 unspecified atom stereocenters. The Kier molecular flexibility index (Phi) is 8.54. The van der Waals surface area contributed by atoms with Crippen molar-refractivity contribution in [1.82, 2.24) is 0 Å². The number of carbonyl (C=O) groups is 2. The molecule has 0 saturated carbocycles. The van der Waals surface area contributed by atoms with E-state index in [9.17, 15) is 24.9 Å². The van der Waals surface area contributed by atoms with Crippen LogP contribution in [0, 0.1) is 5.92 Å². The molecule has 0 radical (unpaired) electrons. The fourth-order valence-electron chi connectivity index (χ4n) is 3.13. The van der Waals surface area contributed by atoms with Gasteiger partial charge in [-0.15, -0.1) is 0 Å². The summed E-state index contributed by atoms with van der Waals surface area (Å²) < 4.78 is 15.3. The van der Waals surface area contributed by atoms with Crippen molar-refractivity contribution >= 4 is 11.9 Å². The second-order valence-electron chi connectivity index (χ2n) is 7.81. The fraction of sp³-hybridized carbons (Fsp3) is 0.545. The lowest BCUT2D eigenvalue weighted by Gasteiger charge is -2.38. The zero-order valence-electron chi connectivity index (χ0n) is 17.4. The van der Waals surface area contributed by atoms with E-state index in [4.69, 9.17) is 14.2 Å². The first kappa shape index (κ1) is 24.0. The van der Waals surface area contributed by atoms with Crippen LogP contribution in [0.25, 0.3) is 0 Å². The third-order valence-electron chi connectivity index (χ3n) is 4.85. The van der Waals surface area contributed by atoms with Crippen LogP contribution < -0.4 is 0 Å². The van der Waals surface area contributed by atoms with Crippen molar-refractivity contribution in [2.75, 3.05) is 6.61 Å². The van der Waals surface area contributed by atoms with Crippen LogP contribution in [0.1, 0.15) is 37.8 Å². The Balaban J connectivity index is 2.06. The molecule has 30 heavy (non-hydrogen) atoms. The zero-order valence-corrected chi connectivity index (χ0v) is 17.4. The van der Waals surface area contributed by atoms with Crippen molar-refractivity contribution in [3.8, 4) is 0 Å². The van der Waals surface area contributed by atoms with Crippen molar-refractivity contribution in [2.45, 2.75) is 63.8 Å². The average molecular weight is 422 g/mol. The van der Waals surface area contributed by atoms with Crippen LogP contribution in [0.4, 0.5) is 0 Å². The summed E-state index contributed by atoms with van der Waals surface area (Å²) in [5, 5.41) is 30.2. The van der Waals surface area contributed by atoms with Crippen molar-refractivity contribution in [1.29, 1.82) is 0 Å². The molecule has 0 amide bonds. The lowest BCUT2D eigenvalue weighted by molar-refractivity contribution is -0.287. The van der Waals surface area contributed by atoms with E-state index in [0.717, 1.165) is 12.0 Å². The monoisotopic (exact) mass is 422 g/mol. The molecule has 8 nitrogen and oxygen atoms in total. The van der Waals surface area contributed by atoms with E-state index in [-0.39, 0.29) is 6.61 Å². The number of aliphatic hydroxyl groups excluding tert-OH is 3. The van der Waals surface area contributed by atoms with Crippen LogP contribution in [-0.4, -0.2) is 64.6 Å². The lowest BCUT2D eigenvalue weighted by atomic mass is 9.96. The van der Waals surface area contributed by atoms with Gasteiger partial charge in [0, 0.05) is 0 Å². The van der Waals surface area contributed by atoms with Gasteiger partial charge in [-0.2, -0.15) is 0 Å². The van der Waals surface area contributed by atoms with E-state index in [1.807, 2.05) is 24.3 Å². The molecule has 2 rings (SSSR count). The highest BCUT2D eigenvalue weighted by molar-refractivity contribution is 5.78. The van der Waals surface area contributed by atoms with Gasteiger partial charge in [0.25, 0.3) is 0 Å². The van der Waals surface area contributed by atoms with Gasteiger partial charge in [-0.1, -0.05) is 50.8 Å². The quantitative estimate of drug-likeness (QED) is 0.420. The Morgan fingerprint density at radius 1 is 1.10 bits per heavy atom. The maximum atomic E-state index is 12.6. The van der Waals surface area contributed by atoms with E-state index in [1.54, 1.807) is 6.92 Å². The molecule has 1 saturated heterocycles. The van der Waals surface area contributed by atoms with Crippen molar-refractivity contribution < 1.29 is 39.1 Å². The molecule has 1 fully saturated rings. The third kappa shape index (κ3) is 5.89. The second-order valence-corrected chi connectivity index (χ2v) is 7.81. The maximum Gasteiger partial charge on any atom is 0.338 e. The minimum Gasteiger partial charge on any atom is -0.459 e. The SMILES string of the molecule is C=CCOC(=O)[C@H]1O[C@@H](OC(=O)[C@@H](C)c2ccc(CC(C)C)cc2)[C@H](O)[C@@H](O)[C@@H]1O. The van der Waals surface area contributed by atoms with Gasteiger partial charge < -0.3 is 29.5 Å². The number of benzene rings is 1. The van der Waals surface area contributed by atoms with Crippen LogP contribution in [0.2, 0.25) is 0 Å². The van der Waals surface area contributed by atoms with Gasteiger partial charge in [0.05, 0.1) is 5.92 Å². The summed E-state index contributed by atoms with van der Waals surface area (Å²) in [5.41, 5.74) is 1.86. The first-order valence-electron chi connectivity index (χ1n) is 9.92. The molecule has 0 spiro atoms. The Labute approximate surface area is 176 Å². The van der Waals surface area contributed by atoms with E-state index in [2.05, 4.69) is 20.4 Å². The van der Waals surface area contributed by atoms with Crippen LogP contribution in [0.15, 0.2) is 36.9 Å². The van der Waals surface area contributed by atoms with E-state index < -0.39 is 48.6 Å². The molecule has 1 aliphatic rings. The standard InChI is InChI=1S/C22H30O8/c1-5-10-28-21(27)19-17(24)16(23)18(25)22(29-19)30-20(26)13(4)15-8-6-14(7-9-15)11-12(2)3/h5-9,12-13,16-19,22-25H,1,10-11H2,2-4H3/t13-,16-,17-,18+,19-,22-/m0/s1. The first-order chi connectivity index (χ1) is 14.1. The molecule has 0 aliphatic carbocycles. The molecule has 1 aromatic rings. The van der Waals surface area contributed by atoms with Crippen molar-refractivity contribution in [2.24, 2.45) is 5.92 Å². The summed E-state index contributed by atoms with van der Waals surface area (Å²) >= 11 is 0. The molecule has 1 aromatic carbocycles. The molecule has 1 heterocycles. The van der Waals surface area contributed by atoms with E-state index >= 15 is 0 Å². The van der Waals surface area contributed by atoms with Crippen molar-refractivity contribution in [3.05, 3.63) is 48.0 Å². The van der Waals surface area contributed by atoms with Gasteiger partial charge >= 0.3 is 11.9 Å². The van der Waals surface area contributed by atoms with Crippen molar-refractivity contribution in [3.63, 3.8) is 0 Å². The summed E-state index contributed by atoms with van der Waals surface area (Å²) in [5.74, 6) is -1.85. The van der Waals surface area contributed by atoms with Crippen LogP contribution in [0.5, 0.6) is 0 Å². The topological polar surface area (TPSA) is 123 Å². The normalized spacial score (nSPS) is 27.4. The summed E-state index contributed by atoms with van der Waals surface area (Å²) in [6, 6.07) is 7.54. The smallest absolute Gasteiger partial charge is 0.338 e. The number of hydrogen-bond acceptors (Lipinski definition) is 8. The fourth-order valence-corrected chi connectivity index (χ4v) is 3.13. The molecule has 8 heteroatoms. The average Bonchev–Trinajstić information content (AvgIpc) is 2.71. The minimum atomic E-state index is -1.76. The molecule has 166 valence electrons. The molecular weight excluding hydrogens is 392 g/mol. The molecule has 0 bridgehead atoms. The third-order valence-corrected chi connectivity index (χ3v) is 4.85. The molecule has 6 atom stereocenters. The number of rotatable bonds is 8. The highest BCUT2D eigenvalue weighted by atomic mass is 16.7. The molecule has 3 N–H and O–H groups in total. The molecule has 0 aromatic heterocycles. The predicted molar refractivity (Wildman–Crippen MR) is 107 cm³/mol. The Hall–Kier alpha value is -2.26. The van der Waals surface area contributed by atoms with Gasteiger partial charge in [-0.25, -0.2) is 4.79 Å². The van der Waals surface area contributed by atoms with Crippen LogP contribution in [-0.2, 0) is 30.2 Å². The largest absolute Gasteiger partial charge is 0.459 e. The summed E-state index contributed by atoms with van der Waals surface area (Å²) in [6.45, 7) is 9.16. The molecular formula is C22H30O8. The Morgan fingerprint density at radius 3 is 2.30 bits per heavy atom. The number of ether oxygens (including phenoxy) is 3. The van der Waals surface area contributed by atoms with Crippen LogP contribution in [0.3, 0.4) is 0 Å². The zero-order chi connectivity index (χ0) is 22.4. The summed E-state index contributed by atoms with van der Waals surface area (Å²) in [7, 11) is 0. The first-order valence-corrected chi connectivity index (χ1v) is 9.92. The van der Waals surface area contributed by atoms with E-state index in [1.165, 1.54) is 6.08 Å². The minimum absolute atomic E-state index is 0.127. The Bertz CT molecular complexity index is 729. The summed E-state index contributed by atoms with van der Waals surface area (Å²) in [4.78, 5) is 24.6. The number of hydrogen-bond donors (Lipinski definition) is 3. The highest BCUT2D eigenvalue weighted by Crippen LogP contribution is 2.26. The van der Waals surface area contributed by atoms with Crippen LogP contribution >= 0.6 is 0 Å². The van der Waals surface area contributed by atoms with Gasteiger partial charge in [-0.3, -0.25) is 4.79 Å². The number of aliphatic hydroxyl groups is 3. The summed E-state index contributed by atoms with van der Waals surface area (Å²) in [6.07, 6.45) is -6.24. The van der Waals surface area contributed by atoms with Gasteiger partial charge in [-0.05, 0) is 30.4 Å². The lowest BCUT2D eigenvalue weighted by Crippen LogP contribution is -2.61. The number of esters is 2. The Morgan fingerprint density at radius 2 is 1.73 bits per heavy atom. The van der Waals surface area contributed by atoms with Gasteiger partial charge in [0.2, 0.25) is 6.29 Å². The van der Waals surface area contributed by atoms with Gasteiger partial charge in [0.15, 0.2) is 6.10 Å². The maximum absolute atomic E-state index is 12.6. The van der Waals surface area contributed by atoms with E-state index in [0.29, 0.717) is 11.5 Å². The molecule has 1 aliphatic heterocycles.